The highest BCUT2D eigenvalue weighted by atomic mass is 35.5. The maximum Gasteiger partial charge on any atom is 0.269 e. The van der Waals surface area contributed by atoms with Crippen LogP contribution < -0.4 is 5.43 Å². The first kappa shape index (κ1) is 10.1. The number of alkyl halides is 2. The Balaban J connectivity index is 0.000001000. The van der Waals surface area contributed by atoms with Crippen LogP contribution in [0, 0.1) is 0 Å². The monoisotopic (exact) mass is 181 g/mol. The summed E-state index contributed by atoms with van der Waals surface area (Å²) < 4.78 is 23.6. The molecule has 0 aliphatic rings. The lowest BCUT2D eigenvalue weighted by Crippen LogP contribution is -2.06. The molecule has 0 saturated heterocycles. The number of aromatic amines is 1. The van der Waals surface area contributed by atoms with Crippen LogP contribution in [-0.2, 0) is 0 Å². The van der Waals surface area contributed by atoms with E-state index in [0.717, 1.165) is 12.3 Å². The van der Waals surface area contributed by atoms with Gasteiger partial charge in [0, 0.05) is 18.5 Å². The molecule has 0 aromatic carbocycles. The van der Waals surface area contributed by atoms with Gasteiger partial charge in [0.2, 0.25) is 0 Å². The minimum Gasteiger partial charge on any atom is -0.367 e. The van der Waals surface area contributed by atoms with E-state index in [2.05, 4.69) is 4.98 Å². The molecule has 0 fully saturated rings. The highest BCUT2D eigenvalue weighted by Gasteiger charge is 2.09. The van der Waals surface area contributed by atoms with Crippen LogP contribution in [0.2, 0.25) is 0 Å². The number of hydrogen-bond acceptors (Lipinski definition) is 1. The van der Waals surface area contributed by atoms with E-state index >= 15 is 0 Å². The molecule has 0 spiro atoms. The summed E-state index contributed by atoms with van der Waals surface area (Å²) in [4.78, 5) is 13.0. The third-order valence-electron chi connectivity index (χ3n) is 1.09. The van der Waals surface area contributed by atoms with Crippen molar-refractivity contribution in [2.45, 2.75) is 6.43 Å². The summed E-state index contributed by atoms with van der Waals surface area (Å²) in [6.45, 7) is 0. The molecule has 1 rings (SSSR count). The fraction of sp³-hybridized carbons (Fsp3) is 0.167. The smallest absolute Gasteiger partial charge is 0.269 e. The van der Waals surface area contributed by atoms with Crippen LogP contribution in [0.5, 0.6) is 0 Å². The van der Waals surface area contributed by atoms with Gasteiger partial charge in [-0.2, -0.15) is 0 Å². The van der Waals surface area contributed by atoms with Crippen molar-refractivity contribution >= 4 is 12.4 Å². The number of rotatable bonds is 1. The molecule has 0 aliphatic heterocycles. The zero-order valence-electron chi connectivity index (χ0n) is 5.38. The molecule has 0 saturated carbocycles. The first-order valence-electron chi connectivity index (χ1n) is 2.67. The summed E-state index contributed by atoms with van der Waals surface area (Å²) in [7, 11) is 0. The van der Waals surface area contributed by atoms with Crippen LogP contribution >= 0.6 is 12.4 Å². The van der Waals surface area contributed by atoms with E-state index in [1.54, 1.807) is 0 Å². The summed E-state index contributed by atoms with van der Waals surface area (Å²) >= 11 is 0. The molecule has 0 atom stereocenters. The van der Waals surface area contributed by atoms with Gasteiger partial charge in [-0.05, 0) is 0 Å². The van der Waals surface area contributed by atoms with Crippen molar-refractivity contribution < 1.29 is 8.78 Å². The fourth-order valence-electron chi connectivity index (χ4n) is 0.600. The van der Waals surface area contributed by atoms with Crippen LogP contribution in [0.25, 0.3) is 0 Å². The minimum atomic E-state index is -2.69. The Morgan fingerprint density at radius 3 is 2.45 bits per heavy atom. The molecular weight excluding hydrogens is 176 g/mol. The second-order valence-corrected chi connectivity index (χ2v) is 1.76. The third kappa shape index (κ3) is 2.31. The number of nitrogens with one attached hydrogen (secondary N) is 1. The lowest BCUT2D eigenvalue weighted by Gasteiger charge is -1.94. The molecule has 0 unspecified atom stereocenters. The molecular formula is C6H6ClF2NO. The molecule has 1 N–H and O–H groups in total. The Hall–Kier alpha value is -0.900. The summed E-state index contributed by atoms with van der Waals surface area (Å²) in [5, 5.41) is 0. The van der Waals surface area contributed by atoms with Crippen LogP contribution in [0.1, 0.15) is 12.0 Å². The summed E-state index contributed by atoms with van der Waals surface area (Å²) in [5.74, 6) is 0. The molecule has 11 heavy (non-hydrogen) atoms. The van der Waals surface area contributed by atoms with Crippen molar-refractivity contribution in [3.63, 3.8) is 0 Å². The molecule has 0 amide bonds. The Kier molecular flexibility index (Phi) is 3.74. The van der Waals surface area contributed by atoms with Gasteiger partial charge < -0.3 is 4.98 Å². The first-order valence-corrected chi connectivity index (χ1v) is 2.67. The van der Waals surface area contributed by atoms with E-state index in [9.17, 15) is 13.6 Å². The van der Waals surface area contributed by atoms with Crippen molar-refractivity contribution in [1.29, 1.82) is 0 Å². The van der Waals surface area contributed by atoms with E-state index in [-0.39, 0.29) is 12.4 Å². The lowest BCUT2D eigenvalue weighted by molar-refractivity contribution is 0.150. The van der Waals surface area contributed by atoms with Gasteiger partial charge in [0.05, 0.1) is 5.56 Å². The van der Waals surface area contributed by atoms with Gasteiger partial charge in [-0.3, -0.25) is 4.79 Å². The van der Waals surface area contributed by atoms with Crippen molar-refractivity contribution in [1.82, 2.24) is 4.98 Å². The summed E-state index contributed by atoms with van der Waals surface area (Å²) in [6.07, 6.45) is -0.369. The number of hydrogen-bond donors (Lipinski definition) is 1. The van der Waals surface area contributed by atoms with Crippen molar-refractivity contribution in [2.24, 2.45) is 0 Å². The van der Waals surface area contributed by atoms with E-state index < -0.39 is 17.4 Å². The summed E-state index contributed by atoms with van der Waals surface area (Å²) in [5.41, 5.74) is -1.11. The Morgan fingerprint density at radius 2 is 2.09 bits per heavy atom. The summed E-state index contributed by atoms with van der Waals surface area (Å²) in [6, 6.07) is 1.07. The van der Waals surface area contributed by atoms with Gasteiger partial charge in [-0.15, -0.1) is 12.4 Å². The average molecular weight is 182 g/mol. The van der Waals surface area contributed by atoms with Crippen LogP contribution in [0.4, 0.5) is 8.78 Å². The predicted molar refractivity (Wildman–Crippen MR) is 39.3 cm³/mol. The third-order valence-corrected chi connectivity index (χ3v) is 1.09. The van der Waals surface area contributed by atoms with Crippen molar-refractivity contribution in [2.75, 3.05) is 0 Å². The molecule has 62 valence electrons. The van der Waals surface area contributed by atoms with Gasteiger partial charge >= 0.3 is 0 Å². The number of pyridine rings is 1. The second kappa shape index (κ2) is 4.08. The fourth-order valence-corrected chi connectivity index (χ4v) is 0.600. The van der Waals surface area contributed by atoms with Crippen LogP contribution in [0.15, 0.2) is 23.3 Å². The predicted octanol–water partition coefficient (Wildman–Crippen LogP) is 1.73. The maximum absolute atomic E-state index is 11.8. The number of halogens is 3. The molecule has 1 aromatic rings. The molecule has 1 heterocycles. The van der Waals surface area contributed by atoms with Gasteiger partial charge in [0.25, 0.3) is 6.43 Å². The zero-order chi connectivity index (χ0) is 7.56. The highest BCUT2D eigenvalue weighted by Crippen LogP contribution is 2.11. The SMILES string of the molecule is Cl.O=c1cc[nH]cc1C(F)F. The van der Waals surface area contributed by atoms with E-state index in [4.69, 9.17) is 0 Å². The zero-order valence-corrected chi connectivity index (χ0v) is 6.20. The lowest BCUT2D eigenvalue weighted by atomic mass is 10.3. The van der Waals surface area contributed by atoms with Crippen LogP contribution in [-0.4, -0.2) is 4.98 Å². The van der Waals surface area contributed by atoms with Crippen molar-refractivity contribution in [3.8, 4) is 0 Å². The van der Waals surface area contributed by atoms with E-state index in [0.29, 0.717) is 0 Å². The number of H-pyrrole nitrogens is 1. The molecule has 0 radical (unpaired) electrons. The molecule has 5 heteroatoms. The Morgan fingerprint density at radius 1 is 1.45 bits per heavy atom. The minimum absolute atomic E-state index is 0. The van der Waals surface area contributed by atoms with Gasteiger partial charge in [-0.1, -0.05) is 0 Å². The van der Waals surface area contributed by atoms with Gasteiger partial charge in [0.15, 0.2) is 5.43 Å². The molecule has 0 aliphatic carbocycles. The molecule has 0 bridgehead atoms. The quantitative estimate of drug-likeness (QED) is 0.703. The first-order chi connectivity index (χ1) is 4.72. The van der Waals surface area contributed by atoms with Crippen molar-refractivity contribution in [3.05, 3.63) is 34.2 Å². The topological polar surface area (TPSA) is 32.9 Å². The maximum atomic E-state index is 11.8. The second-order valence-electron chi connectivity index (χ2n) is 1.76. The van der Waals surface area contributed by atoms with E-state index in [1.165, 1.54) is 6.20 Å². The number of aromatic nitrogens is 1. The van der Waals surface area contributed by atoms with E-state index in [1.807, 2.05) is 0 Å². The standard InChI is InChI=1S/C6H5F2NO.ClH/c7-6(8)4-3-9-2-1-5(4)10;/h1-3,6H,(H,9,10);1H. The Bertz CT molecular complexity index is 273. The van der Waals surface area contributed by atoms with Crippen LogP contribution in [0.3, 0.4) is 0 Å². The normalized spacial score (nSPS) is 9.36. The Labute approximate surface area is 67.7 Å². The molecule has 2 nitrogen and oxygen atoms in total. The highest BCUT2D eigenvalue weighted by molar-refractivity contribution is 5.85. The average Bonchev–Trinajstić information content (AvgIpc) is 1.88. The largest absolute Gasteiger partial charge is 0.367 e. The molecule has 1 aromatic heterocycles. The van der Waals surface area contributed by atoms with Gasteiger partial charge in [0.1, 0.15) is 0 Å². The van der Waals surface area contributed by atoms with Gasteiger partial charge in [-0.25, -0.2) is 8.78 Å².